The molecule has 3 fully saturated rings. The molecule has 6 heteroatoms. The molecule has 4 nitrogen and oxygen atoms in total. The largest absolute Gasteiger partial charge is 0.342 e. The van der Waals surface area contributed by atoms with E-state index in [0.717, 1.165) is 52.0 Å². The van der Waals surface area contributed by atoms with Crippen molar-refractivity contribution in [3.05, 3.63) is 35.9 Å². The second-order valence-electron chi connectivity index (χ2n) is 8.31. The van der Waals surface area contributed by atoms with Crippen molar-refractivity contribution in [3.8, 4) is 0 Å². The van der Waals surface area contributed by atoms with Crippen molar-refractivity contribution in [1.29, 1.82) is 0 Å². The molecule has 1 unspecified atom stereocenters. The van der Waals surface area contributed by atoms with Crippen LogP contribution in [0.25, 0.3) is 0 Å². The van der Waals surface area contributed by atoms with E-state index in [1.165, 1.54) is 18.4 Å². The van der Waals surface area contributed by atoms with Gasteiger partial charge in [0.1, 0.15) is 0 Å². The molecule has 1 aliphatic carbocycles. The fourth-order valence-electron chi connectivity index (χ4n) is 4.91. The van der Waals surface area contributed by atoms with Gasteiger partial charge in [0.2, 0.25) is 5.91 Å². The molecule has 3 aliphatic rings. The zero-order valence-corrected chi connectivity index (χ0v) is 17.9. The van der Waals surface area contributed by atoms with Gasteiger partial charge in [0, 0.05) is 38.6 Å². The molecule has 1 aromatic carbocycles. The highest BCUT2D eigenvalue weighted by molar-refractivity contribution is 5.85. The minimum Gasteiger partial charge on any atom is -0.342 e. The number of carbonyl (C=O) groups excluding carboxylic acids is 1. The summed E-state index contributed by atoms with van der Waals surface area (Å²) >= 11 is 0. The summed E-state index contributed by atoms with van der Waals surface area (Å²) < 4.78 is 0. The summed E-state index contributed by atoms with van der Waals surface area (Å²) in [6.45, 7) is 5.40. The smallest absolute Gasteiger partial charge is 0.226 e. The quantitative estimate of drug-likeness (QED) is 0.821. The van der Waals surface area contributed by atoms with Crippen molar-refractivity contribution in [2.24, 2.45) is 11.3 Å². The lowest BCUT2D eigenvalue weighted by molar-refractivity contribution is -0.135. The molecule has 0 bridgehead atoms. The molecular formula is C21H33Cl2N3O. The van der Waals surface area contributed by atoms with E-state index < -0.39 is 0 Å². The predicted molar refractivity (Wildman–Crippen MR) is 115 cm³/mol. The minimum atomic E-state index is 0. The Morgan fingerprint density at radius 3 is 2.41 bits per heavy atom. The number of piperidine rings is 2. The predicted octanol–water partition coefficient (Wildman–Crippen LogP) is 3.34. The van der Waals surface area contributed by atoms with E-state index in [9.17, 15) is 4.79 Å². The first-order valence-electron chi connectivity index (χ1n) is 9.92. The number of hydrogen-bond donors (Lipinski definition) is 1. The molecular weight excluding hydrogens is 381 g/mol. The molecule has 1 saturated carbocycles. The molecule has 2 aliphatic heterocycles. The minimum absolute atomic E-state index is 0. The van der Waals surface area contributed by atoms with Gasteiger partial charge >= 0.3 is 0 Å². The first-order chi connectivity index (χ1) is 12.2. The standard InChI is InChI=1S/C21H31N3O.2ClH/c1-23(20(25)19-15-21(19)9-11-22-12-10-21)18-7-13-24(14-8-18)16-17-5-3-2-4-6-17;;/h2-6,18-19,22H,7-16H2,1H3;2*1H. The van der Waals surface area contributed by atoms with E-state index in [1.54, 1.807) is 0 Å². The number of nitrogens with one attached hydrogen (secondary N) is 1. The highest BCUT2D eigenvalue weighted by Gasteiger charge is 2.58. The number of halogens is 2. The first-order valence-corrected chi connectivity index (χ1v) is 9.92. The first kappa shape index (κ1) is 22.5. The van der Waals surface area contributed by atoms with Crippen LogP contribution >= 0.6 is 24.8 Å². The number of likely N-dealkylation sites (tertiary alicyclic amines) is 1. The van der Waals surface area contributed by atoms with Gasteiger partial charge in [-0.15, -0.1) is 24.8 Å². The summed E-state index contributed by atoms with van der Waals surface area (Å²) in [6, 6.07) is 11.1. The van der Waals surface area contributed by atoms with Crippen LogP contribution in [0.3, 0.4) is 0 Å². The number of rotatable bonds is 4. The van der Waals surface area contributed by atoms with Crippen molar-refractivity contribution < 1.29 is 4.79 Å². The van der Waals surface area contributed by atoms with E-state index in [0.29, 0.717) is 23.3 Å². The van der Waals surface area contributed by atoms with Crippen LogP contribution in [0, 0.1) is 11.3 Å². The molecule has 4 rings (SSSR count). The van der Waals surface area contributed by atoms with Gasteiger partial charge < -0.3 is 10.2 Å². The number of carbonyl (C=O) groups is 1. The van der Waals surface area contributed by atoms with E-state index in [1.807, 2.05) is 7.05 Å². The third-order valence-corrected chi connectivity index (χ3v) is 6.79. The average Bonchev–Trinajstić information content (AvgIpc) is 3.35. The summed E-state index contributed by atoms with van der Waals surface area (Å²) in [5, 5.41) is 3.43. The van der Waals surface area contributed by atoms with Crippen molar-refractivity contribution in [2.45, 2.75) is 44.7 Å². The van der Waals surface area contributed by atoms with Crippen LogP contribution in [-0.2, 0) is 11.3 Å². The SMILES string of the molecule is CN(C(=O)C1CC12CCNCC2)C1CCN(Cc2ccccc2)CC1.Cl.Cl. The van der Waals surface area contributed by atoms with Crippen molar-refractivity contribution in [3.63, 3.8) is 0 Å². The molecule has 2 heterocycles. The normalized spacial score (nSPS) is 24.6. The Morgan fingerprint density at radius 1 is 1.15 bits per heavy atom. The second-order valence-corrected chi connectivity index (χ2v) is 8.31. The number of hydrogen-bond acceptors (Lipinski definition) is 3. The number of amides is 1. The van der Waals surface area contributed by atoms with Gasteiger partial charge in [-0.2, -0.15) is 0 Å². The highest BCUT2D eigenvalue weighted by Crippen LogP contribution is 2.59. The third-order valence-electron chi connectivity index (χ3n) is 6.79. The van der Waals surface area contributed by atoms with Crippen LogP contribution in [0.4, 0.5) is 0 Å². The highest BCUT2D eigenvalue weighted by atomic mass is 35.5. The average molecular weight is 414 g/mol. The second kappa shape index (κ2) is 9.60. The van der Waals surface area contributed by atoms with Crippen LogP contribution in [0.15, 0.2) is 30.3 Å². The van der Waals surface area contributed by atoms with Gasteiger partial charge in [-0.25, -0.2) is 0 Å². The Bertz CT molecular complexity index is 599. The molecule has 1 aromatic rings. The Labute approximate surface area is 175 Å². The fraction of sp³-hybridized carbons (Fsp3) is 0.667. The summed E-state index contributed by atoms with van der Waals surface area (Å²) in [5.74, 6) is 0.727. The molecule has 2 saturated heterocycles. The molecule has 0 aromatic heterocycles. The molecule has 0 radical (unpaired) electrons. The van der Waals surface area contributed by atoms with Crippen LogP contribution in [-0.4, -0.2) is 55.0 Å². The topological polar surface area (TPSA) is 35.6 Å². The summed E-state index contributed by atoms with van der Waals surface area (Å²) in [4.78, 5) is 17.6. The van der Waals surface area contributed by atoms with Crippen molar-refractivity contribution in [1.82, 2.24) is 15.1 Å². The van der Waals surface area contributed by atoms with Gasteiger partial charge in [0.25, 0.3) is 0 Å². The molecule has 1 spiro atoms. The fourth-order valence-corrected chi connectivity index (χ4v) is 4.91. The number of benzene rings is 1. The van der Waals surface area contributed by atoms with Gasteiger partial charge in [0.05, 0.1) is 0 Å². The lowest BCUT2D eigenvalue weighted by Crippen LogP contribution is -2.46. The van der Waals surface area contributed by atoms with Gasteiger partial charge in [0.15, 0.2) is 0 Å². The summed E-state index contributed by atoms with van der Waals surface area (Å²) in [5.41, 5.74) is 1.74. The van der Waals surface area contributed by atoms with E-state index in [2.05, 4.69) is 45.4 Å². The molecule has 152 valence electrons. The Hall–Kier alpha value is -0.810. The zero-order valence-electron chi connectivity index (χ0n) is 16.2. The van der Waals surface area contributed by atoms with Gasteiger partial charge in [-0.1, -0.05) is 30.3 Å². The lowest BCUT2D eigenvalue weighted by atomic mass is 9.91. The van der Waals surface area contributed by atoms with E-state index >= 15 is 0 Å². The van der Waals surface area contributed by atoms with E-state index in [4.69, 9.17) is 0 Å². The van der Waals surface area contributed by atoms with Gasteiger partial charge in [-0.3, -0.25) is 9.69 Å². The number of nitrogens with zero attached hydrogens (tertiary/aromatic N) is 2. The lowest BCUT2D eigenvalue weighted by Gasteiger charge is -2.37. The monoisotopic (exact) mass is 413 g/mol. The Kier molecular flexibility index (Phi) is 7.99. The van der Waals surface area contributed by atoms with Crippen molar-refractivity contribution >= 4 is 30.7 Å². The Balaban J connectivity index is 0.00000131. The molecule has 1 atom stereocenters. The Morgan fingerprint density at radius 2 is 1.78 bits per heavy atom. The van der Waals surface area contributed by atoms with Crippen LogP contribution in [0.2, 0.25) is 0 Å². The maximum Gasteiger partial charge on any atom is 0.226 e. The third kappa shape index (κ3) is 4.97. The maximum atomic E-state index is 12.9. The summed E-state index contributed by atoms with van der Waals surface area (Å²) in [7, 11) is 2.05. The van der Waals surface area contributed by atoms with Crippen molar-refractivity contribution in [2.75, 3.05) is 33.2 Å². The summed E-state index contributed by atoms with van der Waals surface area (Å²) in [6.07, 6.45) is 5.72. The maximum absolute atomic E-state index is 12.9. The molecule has 1 N–H and O–H groups in total. The molecule has 27 heavy (non-hydrogen) atoms. The van der Waals surface area contributed by atoms with Crippen LogP contribution < -0.4 is 5.32 Å². The zero-order chi connectivity index (χ0) is 17.3. The van der Waals surface area contributed by atoms with Crippen LogP contribution in [0.1, 0.15) is 37.7 Å². The van der Waals surface area contributed by atoms with E-state index in [-0.39, 0.29) is 24.8 Å². The van der Waals surface area contributed by atoms with Gasteiger partial charge in [-0.05, 0) is 56.2 Å². The van der Waals surface area contributed by atoms with Crippen LogP contribution in [0.5, 0.6) is 0 Å². The molecule has 1 amide bonds.